The second-order valence-electron chi connectivity index (χ2n) is 8.52. The largest absolute Gasteiger partial charge is 0.376 e. The van der Waals surface area contributed by atoms with Crippen LogP contribution in [-0.2, 0) is 14.3 Å². The molecule has 4 rings (SSSR count). The highest BCUT2D eigenvalue weighted by Gasteiger charge is 2.53. The molecule has 3 fully saturated rings. The van der Waals surface area contributed by atoms with Crippen LogP contribution < -0.4 is 5.32 Å². The first-order valence-electron chi connectivity index (χ1n) is 10.6. The van der Waals surface area contributed by atoms with E-state index in [1.807, 2.05) is 0 Å². The van der Waals surface area contributed by atoms with Gasteiger partial charge in [-0.2, -0.15) is 0 Å². The maximum atomic E-state index is 13.5. The number of benzene rings is 1. The molecule has 2 aliphatic heterocycles. The number of halogens is 1. The minimum Gasteiger partial charge on any atom is -0.376 e. The summed E-state index contributed by atoms with van der Waals surface area (Å²) in [7, 11) is 0. The Morgan fingerprint density at radius 1 is 1.28 bits per heavy atom. The van der Waals surface area contributed by atoms with Crippen LogP contribution in [0.1, 0.15) is 55.8 Å². The molecule has 1 aromatic rings. The number of carbonyl (C=O) groups is 2. The third-order valence-corrected chi connectivity index (χ3v) is 6.67. The zero-order valence-electron chi connectivity index (χ0n) is 16.9. The maximum Gasteiger partial charge on any atom is 0.256 e. The zero-order valence-corrected chi connectivity index (χ0v) is 17.6. The number of nitrogens with zero attached hydrogens (tertiary/aromatic N) is 1. The third-order valence-electron chi connectivity index (χ3n) is 6.44. The summed E-state index contributed by atoms with van der Waals surface area (Å²) in [6, 6.07) is 6.25. The second kappa shape index (κ2) is 8.62. The summed E-state index contributed by atoms with van der Waals surface area (Å²) < 4.78 is 11.8. The van der Waals surface area contributed by atoms with E-state index in [9.17, 15) is 9.59 Å². The van der Waals surface area contributed by atoms with Crippen molar-refractivity contribution in [3.63, 3.8) is 0 Å². The van der Waals surface area contributed by atoms with Crippen molar-refractivity contribution >= 4 is 23.4 Å². The molecule has 2 heterocycles. The normalized spacial score (nSPS) is 31.9. The van der Waals surface area contributed by atoms with Crippen molar-refractivity contribution in [1.29, 1.82) is 0 Å². The first-order valence-corrected chi connectivity index (χ1v) is 11.0. The topological polar surface area (TPSA) is 67.9 Å². The van der Waals surface area contributed by atoms with E-state index in [4.69, 9.17) is 21.1 Å². The van der Waals surface area contributed by atoms with Crippen LogP contribution in [0.4, 0.5) is 0 Å². The molecule has 158 valence electrons. The first kappa shape index (κ1) is 20.6. The molecule has 0 bridgehead atoms. The Bertz CT molecular complexity index is 757. The number of amides is 2. The van der Waals surface area contributed by atoms with Gasteiger partial charge in [0.1, 0.15) is 11.8 Å². The van der Waals surface area contributed by atoms with Crippen LogP contribution in [0.5, 0.6) is 0 Å². The van der Waals surface area contributed by atoms with Gasteiger partial charge in [0, 0.05) is 23.7 Å². The van der Waals surface area contributed by atoms with Crippen molar-refractivity contribution in [2.45, 2.75) is 63.3 Å². The smallest absolute Gasteiger partial charge is 0.256 e. The molecule has 2 amide bonds. The van der Waals surface area contributed by atoms with Gasteiger partial charge in [-0.25, -0.2) is 0 Å². The van der Waals surface area contributed by atoms with E-state index in [0.717, 1.165) is 45.1 Å². The molecule has 7 heteroatoms. The van der Waals surface area contributed by atoms with E-state index in [1.54, 1.807) is 29.2 Å². The molecular formula is C22H29ClN2O4. The van der Waals surface area contributed by atoms with Gasteiger partial charge in [-0.3, -0.25) is 14.5 Å². The van der Waals surface area contributed by atoms with Crippen LogP contribution >= 0.6 is 11.6 Å². The van der Waals surface area contributed by atoms with Gasteiger partial charge in [0.05, 0.1) is 12.7 Å². The molecule has 1 spiro atoms. The molecule has 1 N–H and O–H groups in total. The number of ether oxygens (including phenoxy) is 2. The van der Waals surface area contributed by atoms with Crippen LogP contribution in [0.15, 0.2) is 24.3 Å². The molecule has 1 aliphatic carbocycles. The molecule has 29 heavy (non-hydrogen) atoms. The SMILES string of the molecule is CC1CCC2(CC1)OC[C@@H](C(=O)NC[C@@H]1CCCO1)N2C(=O)c1cccc(Cl)c1. The predicted molar refractivity (Wildman–Crippen MR) is 110 cm³/mol. The Balaban J connectivity index is 1.56. The van der Waals surface area contributed by atoms with E-state index in [0.29, 0.717) is 23.0 Å². The van der Waals surface area contributed by atoms with Gasteiger partial charge >= 0.3 is 0 Å². The van der Waals surface area contributed by atoms with Gasteiger partial charge in [-0.15, -0.1) is 0 Å². The van der Waals surface area contributed by atoms with Crippen LogP contribution in [-0.4, -0.2) is 54.3 Å². The van der Waals surface area contributed by atoms with Gasteiger partial charge in [-0.05, 0) is 62.6 Å². The number of hydrogen-bond donors (Lipinski definition) is 1. The van der Waals surface area contributed by atoms with E-state index < -0.39 is 11.8 Å². The number of carbonyl (C=O) groups excluding carboxylic acids is 2. The fourth-order valence-corrected chi connectivity index (χ4v) is 4.87. The first-order chi connectivity index (χ1) is 14.0. The van der Waals surface area contributed by atoms with Crippen molar-refractivity contribution in [3.05, 3.63) is 34.9 Å². The van der Waals surface area contributed by atoms with Gasteiger partial charge < -0.3 is 14.8 Å². The standard InChI is InChI=1S/C22H29ClN2O4/c1-15-7-9-22(10-8-15)25(21(27)16-4-2-5-17(23)12-16)19(14-29-22)20(26)24-13-18-6-3-11-28-18/h2,4-5,12,15,18-19H,3,6-11,13-14H2,1H3,(H,24,26)/t15?,18-,19-,22?/m0/s1. The van der Waals surface area contributed by atoms with Crippen molar-refractivity contribution in [3.8, 4) is 0 Å². The monoisotopic (exact) mass is 420 g/mol. The van der Waals surface area contributed by atoms with Gasteiger partial charge in [-0.1, -0.05) is 24.6 Å². The summed E-state index contributed by atoms with van der Waals surface area (Å²) in [5.41, 5.74) is -0.226. The zero-order chi connectivity index (χ0) is 20.4. The molecule has 1 saturated carbocycles. The third kappa shape index (κ3) is 4.30. The van der Waals surface area contributed by atoms with Crippen LogP contribution in [0.25, 0.3) is 0 Å². The van der Waals surface area contributed by atoms with Crippen LogP contribution in [0.3, 0.4) is 0 Å². The lowest BCUT2D eigenvalue weighted by atomic mass is 9.83. The number of nitrogens with one attached hydrogen (secondary N) is 1. The average molecular weight is 421 g/mol. The lowest BCUT2D eigenvalue weighted by Gasteiger charge is -2.43. The summed E-state index contributed by atoms with van der Waals surface area (Å²) in [6.45, 7) is 3.65. The summed E-state index contributed by atoms with van der Waals surface area (Å²) in [5.74, 6) is 0.225. The summed E-state index contributed by atoms with van der Waals surface area (Å²) in [4.78, 5) is 28.2. The molecule has 2 atom stereocenters. The molecule has 6 nitrogen and oxygen atoms in total. The highest BCUT2D eigenvalue weighted by atomic mass is 35.5. The van der Waals surface area contributed by atoms with Crippen LogP contribution in [0.2, 0.25) is 5.02 Å². The Morgan fingerprint density at radius 3 is 2.76 bits per heavy atom. The minimum absolute atomic E-state index is 0.0582. The molecule has 0 aromatic heterocycles. The van der Waals surface area contributed by atoms with Crippen LogP contribution in [0, 0.1) is 5.92 Å². The van der Waals surface area contributed by atoms with E-state index in [1.165, 1.54) is 0 Å². The Kier molecular flexibility index (Phi) is 6.13. The highest BCUT2D eigenvalue weighted by molar-refractivity contribution is 6.31. The Hall–Kier alpha value is -1.63. The minimum atomic E-state index is -0.711. The van der Waals surface area contributed by atoms with Crippen molar-refractivity contribution in [1.82, 2.24) is 10.2 Å². The molecule has 1 aromatic carbocycles. The van der Waals surface area contributed by atoms with Gasteiger partial charge in [0.25, 0.3) is 5.91 Å². The quantitative estimate of drug-likeness (QED) is 0.810. The lowest BCUT2D eigenvalue weighted by molar-refractivity contribution is -0.128. The Morgan fingerprint density at radius 2 is 2.07 bits per heavy atom. The second-order valence-corrected chi connectivity index (χ2v) is 8.96. The molecule has 0 radical (unpaired) electrons. The summed E-state index contributed by atoms with van der Waals surface area (Å²) in [5, 5.41) is 3.48. The molecule has 2 saturated heterocycles. The average Bonchev–Trinajstić information content (AvgIpc) is 3.36. The van der Waals surface area contributed by atoms with E-state index in [-0.39, 0.29) is 24.5 Å². The number of hydrogen-bond acceptors (Lipinski definition) is 4. The number of rotatable bonds is 4. The van der Waals surface area contributed by atoms with Gasteiger partial charge in [0.2, 0.25) is 5.91 Å². The summed E-state index contributed by atoms with van der Waals surface area (Å²) >= 11 is 6.12. The lowest BCUT2D eigenvalue weighted by Crippen LogP contribution is -2.57. The van der Waals surface area contributed by atoms with Crippen molar-refractivity contribution in [2.24, 2.45) is 5.92 Å². The summed E-state index contributed by atoms with van der Waals surface area (Å²) in [6.07, 6.45) is 5.48. The fourth-order valence-electron chi connectivity index (χ4n) is 4.68. The fraction of sp³-hybridized carbons (Fsp3) is 0.636. The van der Waals surface area contributed by atoms with E-state index in [2.05, 4.69) is 12.2 Å². The molecule has 3 aliphatic rings. The molecule has 0 unspecified atom stereocenters. The van der Waals surface area contributed by atoms with Crippen molar-refractivity contribution in [2.75, 3.05) is 19.8 Å². The maximum absolute atomic E-state index is 13.5. The van der Waals surface area contributed by atoms with Crippen molar-refractivity contribution < 1.29 is 19.1 Å². The highest BCUT2D eigenvalue weighted by Crippen LogP contribution is 2.43. The van der Waals surface area contributed by atoms with Gasteiger partial charge in [0.15, 0.2) is 0 Å². The predicted octanol–water partition coefficient (Wildman–Crippen LogP) is 3.38. The Labute approximate surface area is 176 Å². The van der Waals surface area contributed by atoms with E-state index >= 15 is 0 Å². The molecular weight excluding hydrogens is 392 g/mol.